The summed E-state index contributed by atoms with van der Waals surface area (Å²) >= 11 is 0. The molecule has 5 rings (SSSR count). The summed E-state index contributed by atoms with van der Waals surface area (Å²) in [5.74, 6) is -0.958. The molecule has 4 N–H and O–H groups in total. The molecule has 0 aliphatic carbocycles. The summed E-state index contributed by atoms with van der Waals surface area (Å²) < 4.78 is 44.3. The number of H-pyrrole nitrogens is 1. The Kier molecular flexibility index (Phi) is 8.79. The van der Waals surface area contributed by atoms with Crippen molar-refractivity contribution in [3.05, 3.63) is 60.2 Å². The lowest BCUT2D eigenvalue weighted by molar-refractivity contribution is -0.124. The maximum Gasteiger partial charge on any atom is 0.244 e. The van der Waals surface area contributed by atoms with Gasteiger partial charge < -0.3 is 25.7 Å². The number of aryl methyl sites for hydroxylation is 1. The SMILES string of the molecule is COC[C@H](C(=O)Nc1cccc2c(-c3nc(Nc4cccc(S(C)(=O)=O)c4F)ncc3C)c[nH]c12)N1CC(C)N[C@H](C)C1. The van der Waals surface area contributed by atoms with Crippen molar-refractivity contribution < 1.29 is 22.3 Å². The standard InChI is InChI=1S/C30H36FN7O4S/c1-17-12-33-30(36-22-9-7-11-25(26(22)31)43(5,40)41)37-27(17)21-13-32-28-20(21)8-6-10-23(28)35-29(39)24(16-42-4)38-14-18(2)34-19(3)15-38/h6-13,18-19,24,32,34H,14-16H2,1-5H3,(H,35,39)(H,33,36,37)/t18-,19?,24-/m1/s1. The van der Waals surface area contributed by atoms with Crippen LogP contribution in [0.3, 0.4) is 0 Å². The number of piperazine rings is 1. The van der Waals surface area contributed by atoms with Crippen molar-refractivity contribution in [2.75, 3.05) is 43.7 Å². The van der Waals surface area contributed by atoms with Crippen molar-refractivity contribution in [3.8, 4) is 11.3 Å². The zero-order valence-corrected chi connectivity index (χ0v) is 25.5. The van der Waals surface area contributed by atoms with Crippen molar-refractivity contribution in [2.24, 2.45) is 0 Å². The summed E-state index contributed by atoms with van der Waals surface area (Å²) in [5.41, 5.74) is 3.42. The lowest BCUT2D eigenvalue weighted by Gasteiger charge is -2.39. The van der Waals surface area contributed by atoms with Gasteiger partial charge in [0.05, 0.1) is 29.2 Å². The maximum absolute atomic E-state index is 15.0. The molecule has 1 saturated heterocycles. The molecule has 1 unspecified atom stereocenters. The second-order valence-corrected chi connectivity index (χ2v) is 13.0. The largest absolute Gasteiger partial charge is 0.383 e. The average Bonchev–Trinajstić information content (AvgIpc) is 3.37. The number of rotatable bonds is 9. The number of hydrogen-bond donors (Lipinski definition) is 4. The van der Waals surface area contributed by atoms with E-state index in [9.17, 15) is 17.6 Å². The molecule has 1 aliphatic rings. The first kappa shape index (κ1) is 30.5. The van der Waals surface area contributed by atoms with E-state index in [1.54, 1.807) is 19.5 Å². The Hall–Kier alpha value is -3.91. The highest BCUT2D eigenvalue weighted by atomic mass is 32.2. The molecule has 228 valence electrons. The molecule has 1 aliphatic heterocycles. The second-order valence-electron chi connectivity index (χ2n) is 11.1. The molecule has 0 radical (unpaired) electrons. The fraction of sp³-hybridized carbons (Fsp3) is 0.367. The van der Waals surface area contributed by atoms with Crippen molar-refractivity contribution in [2.45, 2.75) is 43.8 Å². The Morgan fingerprint density at radius 1 is 1.16 bits per heavy atom. The van der Waals surface area contributed by atoms with Gasteiger partial charge in [-0.05, 0) is 44.5 Å². The van der Waals surface area contributed by atoms with Crippen LogP contribution in [-0.4, -0.2) is 85.4 Å². The zero-order valence-electron chi connectivity index (χ0n) is 24.7. The number of nitrogens with zero attached hydrogens (tertiary/aromatic N) is 3. The number of benzene rings is 2. The summed E-state index contributed by atoms with van der Waals surface area (Å²) in [6.07, 6.45) is 4.36. The summed E-state index contributed by atoms with van der Waals surface area (Å²) in [6.45, 7) is 7.79. The quantitative estimate of drug-likeness (QED) is 0.223. The minimum absolute atomic E-state index is 0.0551. The van der Waals surface area contributed by atoms with Crippen LogP contribution in [0.15, 0.2) is 53.7 Å². The summed E-state index contributed by atoms with van der Waals surface area (Å²) in [4.78, 5) is 27.5. The first-order valence-corrected chi connectivity index (χ1v) is 15.8. The first-order valence-electron chi connectivity index (χ1n) is 14.0. The Morgan fingerprint density at radius 2 is 1.86 bits per heavy atom. The number of methoxy groups -OCH3 is 1. The number of fused-ring (bicyclic) bond motifs is 1. The van der Waals surface area contributed by atoms with Gasteiger partial charge in [-0.25, -0.2) is 22.8 Å². The van der Waals surface area contributed by atoms with Gasteiger partial charge in [0.1, 0.15) is 10.9 Å². The van der Waals surface area contributed by atoms with Crippen LogP contribution in [0.5, 0.6) is 0 Å². The number of sulfone groups is 1. The van der Waals surface area contributed by atoms with Crippen molar-refractivity contribution in [3.63, 3.8) is 0 Å². The fourth-order valence-electron chi connectivity index (χ4n) is 5.59. The van der Waals surface area contributed by atoms with Gasteiger partial charge in [-0.1, -0.05) is 18.2 Å². The van der Waals surface area contributed by atoms with E-state index in [1.807, 2.05) is 25.1 Å². The number of carbonyl (C=O) groups is 1. The number of aromatic nitrogens is 3. The molecular formula is C30H36FN7O4S. The van der Waals surface area contributed by atoms with E-state index in [2.05, 4.69) is 49.6 Å². The van der Waals surface area contributed by atoms with Crippen LogP contribution in [-0.2, 0) is 19.4 Å². The number of para-hydroxylation sites is 1. The van der Waals surface area contributed by atoms with Gasteiger partial charge in [0, 0.05) is 61.9 Å². The summed E-state index contributed by atoms with van der Waals surface area (Å²) in [7, 11) is -2.16. The fourth-order valence-corrected chi connectivity index (χ4v) is 6.35. The Labute approximate surface area is 250 Å². The molecule has 3 atom stereocenters. The summed E-state index contributed by atoms with van der Waals surface area (Å²) in [6, 6.07) is 9.75. The molecule has 13 heteroatoms. The highest BCUT2D eigenvalue weighted by Gasteiger charge is 2.32. The number of amides is 1. The van der Waals surface area contributed by atoms with E-state index in [0.29, 0.717) is 11.4 Å². The summed E-state index contributed by atoms with van der Waals surface area (Å²) in [5, 5.41) is 10.2. The van der Waals surface area contributed by atoms with Crippen molar-refractivity contribution in [1.29, 1.82) is 0 Å². The van der Waals surface area contributed by atoms with E-state index in [-0.39, 0.29) is 36.2 Å². The van der Waals surface area contributed by atoms with Gasteiger partial charge >= 0.3 is 0 Å². The van der Waals surface area contributed by atoms with Gasteiger partial charge in [-0.3, -0.25) is 9.69 Å². The average molecular weight is 610 g/mol. The molecule has 2 aromatic carbocycles. The number of carbonyl (C=O) groups excluding carboxylic acids is 1. The molecule has 0 bridgehead atoms. The van der Waals surface area contributed by atoms with Crippen LogP contribution in [0.25, 0.3) is 22.2 Å². The normalized spacial score (nSPS) is 18.5. The lowest BCUT2D eigenvalue weighted by Crippen LogP contribution is -2.60. The van der Waals surface area contributed by atoms with Crippen LogP contribution in [0.4, 0.5) is 21.7 Å². The number of halogens is 1. The number of hydrogen-bond acceptors (Lipinski definition) is 9. The van der Waals surface area contributed by atoms with E-state index in [4.69, 9.17) is 4.74 Å². The molecule has 11 nitrogen and oxygen atoms in total. The Balaban J connectivity index is 1.43. The third-order valence-corrected chi connectivity index (χ3v) is 8.58. The van der Waals surface area contributed by atoms with Crippen LogP contribution in [0.2, 0.25) is 0 Å². The van der Waals surface area contributed by atoms with Gasteiger partial charge in [0.15, 0.2) is 15.7 Å². The van der Waals surface area contributed by atoms with Crippen LogP contribution in [0.1, 0.15) is 19.4 Å². The van der Waals surface area contributed by atoms with Crippen LogP contribution in [0, 0.1) is 12.7 Å². The molecule has 0 saturated carbocycles. The first-order chi connectivity index (χ1) is 20.5. The van der Waals surface area contributed by atoms with Crippen LogP contribution < -0.4 is 16.0 Å². The van der Waals surface area contributed by atoms with E-state index >= 15 is 0 Å². The molecule has 3 heterocycles. The lowest BCUT2D eigenvalue weighted by atomic mass is 10.1. The minimum atomic E-state index is -3.76. The number of anilines is 3. The Morgan fingerprint density at radius 3 is 2.56 bits per heavy atom. The van der Waals surface area contributed by atoms with Gasteiger partial charge in [-0.15, -0.1) is 0 Å². The predicted molar refractivity (Wildman–Crippen MR) is 165 cm³/mol. The number of nitrogens with one attached hydrogen (secondary N) is 4. The zero-order chi connectivity index (χ0) is 30.9. The molecule has 4 aromatic rings. The van der Waals surface area contributed by atoms with E-state index < -0.39 is 26.6 Å². The number of ether oxygens (including phenoxy) is 1. The van der Waals surface area contributed by atoms with E-state index in [1.165, 1.54) is 18.2 Å². The van der Waals surface area contributed by atoms with Gasteiger partial charge in [0.2, 0.25) is 11.9 Å². The minimum Gasteiger partial charge on any atom is -0.383 e. The third kappa shape index (κ3) is 6.54. The molecule has 0 spiro atoms. The molecular weight excluding hydrogens is 573 g/mol. The van der Waals surface area contributed by atoms with Crippen LogP contribution >= 0.6 is 0 Å². The predicted octanol–water partition coefficient (Wildman–Crippen LogP) is 3.86. The highest BCUT2D eigenvalue weighted by molar-refractivity contribution is 7.90. The van der Waals surface area contributed by atoms with E-state index in [0.717, 1.165) is 41.4 Å². The monoisotopic (exact) mass is 609 g/mol. The number of aromatic amines is 1. The van der Waals surface area contributed by atoms with Gasteiger partial charge in [0.25, 0.3) is 0 Å². The highest BCUT2D eigenvalue weighted by Crippen LogP contribution is 2.34. The Bertz CT molecular complexity index is 1750. The molecule has 2 aromatic heterocycles. The molecule has 43 heavy (non-hydrogen) atoms. The molecule has 1 fully saturated rings. The maximum atomic E-state index is 15.0. The third-order valence-electron chi connectivity index (χ3n) is 7.46. The second kappa shape index (κ2) is 12.4. The topological polar surface area (TPSA) is 141 Å². The van der Waals surface area contributed by atoms with Crippen molar-refractivity contribution in [1.82, 2.24) is 25.2 Å². The smallest absolute Gasteiger partial charge is 0.244 e. The van der Waals surface area contributed by atoms with Gasteiger partial charge in [-0.2, -0.15) is 0 Å². The van der Waals surface area contributed by atoms with Crippen molar-refractivity contribution >= 4 is 44.0 Å². The molecule has 1 amide bonds.